The number of carboxylic acid groups (broad SMARTS) is 1. The molecule has 1 aromatic heterocycles. The van der Waals surface area contributed by atoms with Gasteiger partial charge in [-0.1, -0.05) is 0 Å². The number of rotatable bonds is 4. The van der Waals surface area contributed by atoms with Gasteiger partial charge in [-0.3, -0.25) is 4.79 Å². The Balaban J connectivity index is 2.37. The zero-order valence-corrected chi connectivity index (χ0v) is 10.5. The van der Waals surface area contributed by atoms with E-state index in [-0.39, 0.29) is 17.7 Å². The molecule has 18 heavy (non-hydrogen) atoms. The summed E-state index contributed by atoms with van der Waals surface area (Å²) in [6.45, 7) is 0. The fraction of sp³-hybridized carbons (Fsp3) is 0.273. The topological polar surface area (TPSA) is 100 Å². The predicted octanol–water partition coefficient (Wildman–Crippen LogP) is 0.984. The number of aromatic amines is 1. The number of aryl methyl sites for hydroxylation is 1. The first-order valence-electron chi connectivity index (χ1n) is 5.27. The number of aromatic nitrogens is 2. The highest BCUT2D eigenvalue weighted by molar-refractivity contribution is 7.90. The molecule has 7 heteroatoms. The highest BCUT2D eigenvalue weighted by Gasteiger charge is 2.10. The summed E-state index contributed by atoms with van der Waals surface area (Å²) in [4.78, 5) is 17.8. The van der Waals surface area contributed by atoms with Crippen LogP contribution in [0.3, 0.4) is 0 Å². The minimum Gasteiger partial charge on any atom is -0.481 e. The number of fused-ring (bicyclic) bond motifs is 1. The molecule has 1 heterocycles. The molecule has 0 bridgehead atoms. The van der Waals surface area contributed by atoms with Gasteiger partial charge in [-0.05, 0) is 18.2 Å². The second kappa shape index (κ2) is 4.41. The van der Waals surface area contributed by atoms with Crippen molar-refractivity contribution in [3.05, 3.63) is 24.0 Å². The van der Waals surface area contributed by atoms with Gasteiger partial charge in [0.1, 0.15) is 5.82 Å². The summed E-state index contributed by atoms with van der Waals surface area (Å²) in [6, 6.07) is 4.59. The monoisotopic (exact) mass is 268 g/mol. The van der Waals surface area contributed by atoms with Crippen LogP contribution < -0.4 is 0 Å². The molecule has 0 spiro atoms. The lowest BCUT2D eigenvalue weighted by molar-refractivity contribution is -0.137. The van der Waals surface area contributed by atoms with E-state index < -0.39 is 15.8 Å². The van der Waals surface area contributed by atoms with Crippen LogP contribution in [0.4, 0.5) is 0 Å². The Hall–Kier alpha value is -1.89. The maximum Gasteiger partial charge on any atom is 0.303 e. The van der Waals surface area contributed by atoms with Gasteiger partial charge in [0.25, 0.3) is 0 Å². The number of carbonyl (C=O) groups is 1. The number of hydrogen-bond donors (Lipinski definition) is 2. The van der Waals surface area contributed by atoms with Crippen LogP contribution in [0.25, 0.3) is 11.0 Å². The van der Waals surface area contributed by atoms with Crippen LogP contribution in [-0.4, -0.2) is 35.7 Å². The van der Waals surface area contributed by atoms with E-state index in [4.69, 9.17) is 5.11 Å². The van der Waals surface area contributed by atoms with Crippen LogP contribution >= 0.6 is 0 Å². The lowest BCUT2D eigenvalue weighted by atomic mass is 10.3. The van der Waals surface area contributed by atoms with Crippen LogP contribution in [0.15, 0.2) is 23.1 Å². The van der Waals surface area contributed by atoms with Gasteiger partial charge in [-0.25, -0.2) is 13.4 Å². The van der Waals surface area contributed by atoms with Crippen LogP contribution in [0.5, 0.6) is 0 Å². The fourth-order valence-electron chi connectivity index (χ4n) is 1.62. The van der Waals surface area contributed by atoms with Crippen LogP contribution in [0.2, 0.25) is 0 Å². The Morgan fingerprint density at radius 1 is 1.44 bits per heavy atom. The van der Waals surface area contributed by atoms with Gasteiger partial charge in [0.15, 0.2) is 9.84 Å². The van der Waals surface area contributed by atoms with Crippen molar-refractivity contribution >= 4 is 26.8 Å². The molecule has 0 radical (unpaired) electrons. The van der Waals surface area contributed by atoms with Crippen LogP contribution in [0.1, 0.15) is 12.2 Å². The Morgan fingerprint density at radius 2 is 2.17 bits per heavy atom. The van der Waals surface area contributed by atoms with E-state index in [9.17, 15) is 13.2 Å². The zero-order chi connectivity index (χ0) is 13.3. The van der Waals surface area contributed by atoms with Gasteiger partial charge in [-0.2, -0.15) is 0 Å². The molecular weight excluding hydrogens is 256 g/mol. The number of aliphatic carboxylic acids is 1. The van der Waals surface area contributed by atoms with Crippen LogP contribution in [0, 0.1) is 0 Å². The molecule has 6 nitrogen and oxygen atoms in total. The summed E-state index contributed by atoms with van der Waals surface area (Å²) < 4.78 is 22.8. The highest BCUT2D eigenvalue weighted by Crippen LogP contribution is 2.17. The average molecular weight is 268 g/mol. The summed E-state index contributed by atoms with van der Waals surface area (Å²) in [5.74, 6) is -0.356. The largest absolute Gasteiger partial charge is 0.481 e. The van der Waals surface area contributed by atoms with Gasteiger partial charge in [0, 0.05) is 12.7 Å². The maximum atomic E-state index is 11.4. The van der Waals surface area contributed by atoms with Gasteiger partial charge in [-0.15, -0.1) is 0 Å². The molecule has 2 N–H and O–H groups in total. The Bertz CT molecular complexity index is 703. The van der Waals surface area contributed by atoms with E-state index in [2.05, 4.69) is 9.97 Å². The molecule has 0 aliphatic rings. The van der Waals surface area contributed by atoms with Crippen molar-refractivity contribution in [3.63, 3.8) is 0 Å². The number of imidazole rings is 1. The van der Waals surface area contributed by atoms with Crippen molar-refractivity contribution < 1.29 is 18.3 Å². The number of sulfone groups is 1. The molecule has 2 aromatic rings. The molecule has 96 valence electrons. The number of nitrogens with zero attached hydrogens (tertiary/aromatic N) is 1. The second-order valence-corrected chi connectivity index (χ2v) is 6.04. The van der Waals surface area contributed by atoms with E-state index in [1.165, 1.54) is 12.1 Å². The van der Waals surface area contributed by atoms with E-state index in [1.807, 2.05) is 0 Å². The van der Waals surface area contributed by atoms with Crippen molar-refractivity contribution in [1.82, 2.24) is 9.97 Å². The van der Waals surface area contributed by atoms with Crippen molar-refractivity contribution in [2.24, 2.45) is 0 Å². The average Bonchev–Trinajstić information content (AvgIpc) is 2.66. The third-order valence-electron chi connectivity index (χ3n) is 2.51. The first-order valence-corrected chi connectivity index (χ1v) is 7.16. The summed E-state index contributed by atoms with van der Waals surface area (Å²) in [7, 11) is -3.25. The molecule has 0 saturated heterocycles. The van der Waals surface area contributed by atoms with Crippen molar-refractivity contribution in [1.29, 1.82) is 0 Å². The molecule has 0 aliphatic heterocycles. The smallest absolute Gasteiger partial charge is 0.303 e. The lowest BCUT2D eigenvalue weighted by Crippen LogP contribution is -1.98. The number of benzene rings is 1. The molecule has 0 saturated carbocycles. The van der Waals surface area contributed by atoms with E-state index >= 15 is 0 Å². The second-order valence-electron chi connectivity index (χ2n) is 4.03. The van der Waals surface area contributed by atoms with Crippen molar-refractivity contribution in [2.45, 2.75) is 17.7 Å². The minimum atomic E-state index is -3.25. The first kappa shape index (κ1) is 12.6. The minimum absolute atomic E-state index is 0.0151. The Labute approximate surface area is 104 Å². The summed E-state index contributed by atoms with van der Waals surface area (Å²) in [5.41, 5.74) is 1.22. The lowest BCUT2D eigenvalue weighted by Gasteiger charge is -1.96. The Kier molecular flexibility index (Phi) is 3.08. The van der Waals surface area contributed by atoms with Gasteiger partial charge in [0.05, 0.1) is 22.3 Å². The van der Waals surface area contributed by atoms with E-state index in [0.717, 1.165) is 6.26 Å². The normalized spacial score (nSPS) is 11.8. The molecule has 0 aliphatic carbocycles. The quantitative estimate of drug-likeness (QED) is 0.861. The molecule has 2 rings (SSSR count). The molecule has 0 atom stereocenters. The van der Waals surface area contributed by atoms with Crippen molar-refractivity contribution in [2.75, 3.05) is 6.26 Å². The third kappa shape index (κ3) is 2.67. The predicted molar refractivity (Wildman–Crippen MR) is 65.2 cm³/mol. The zero-order valence-electron chi connectivity index (χ0n) is 9.67. The fourth-order valence-corrected chi connectivity index (χ4v) is 2.26. The number of nitrogens with one attached hydrogen (secondary N) is 1. The van der Waals surface area contributed by atoms with E-state index in [0.29, 0.717) is 16.9 Å². The molecule has 0 unspecified atom stereocenters. The summed E-state index contributed by atoms with van der Waals surface area (Å²) in [5, 5.41) is 8.58. The molecule has 0 fully saturated rings. The highest BCUT2D eigenvalue weighted by atomic mass is 32.2. The number of H-pyrrole nitrogens is 1. The first-order chi connectivity index (χ1) is 8.36. The van der Waals surface area contributed by atoms with Crippen molar-refractivity contribution in [3.8, 4) is 0 Å². The number of hydrogen-bond acceptors (Lipinski definition) is 4. The Morgan fingerprint density at radius 3 is 2.78 bits per heavy atom. The SMILES string of the molecule is CS(=O)(=O)c1ccc2nc(CCC(=O)O)[nH]c2c1. The molecule has 1 aromatic carbocycles. The third-order valence-corrected chi connectivity index (χ3v) is 3.62. The number of carboxylic acids is 1. The standard InChI is InChI=1S/C11H12N2O4S/c1-18(16,17)7-2-3-8-9(6-7)13-10(12-8)4-5-11(14)15/h2-3,6H,4-5H2,1H3,(H,12,13)(H,14,15). The van der Waals surface area contributed by atoms with Gasteiger partial charge >= 0.3 is 5.97 Å². The van der Waals surface area contributed by atoms with Crippen LogP contribution in [-0.2, 0) is 21.1 Å². The summed E-state index contributed by atoms with van der Waals surface area (Å²) in [6.07, 6.45) is 1.41. The van der Waals surface area contributed by atoms with Gasteiger partial charge in [0.2, 0.25) is 0 Å². The maximum absolute atomic E-state index is 11.4. The molecule has 0 amide bonds. The van der Waals surface area contributed by atoms with Gasteiger partial charge < -0.3 is 10.1 Å². The van der Waals surface area contributed by atoms with E-state index in [1.54, 1.807) is 6.07 Å². The summed E-state index contributed by atoms with van der Waals surface area (Å²) >= 11 is 0. The molecular formula is C11H12N2O4S.